The van der Waals surface area contributed by atoms with Gasteiger partial charge >= 0.3 is 18.2 Å². The fraction of sp³-hybridized carbons (Fsp3) is 0.452. The lowest BCUT2D eigenvalue weighted by Crippen LogP contribution is -2.55. The Kier molecular flexibility index (Phi) is 10.8. The van der Waals surface area contributed by atoms with E-state index in [9.17, 15) is 14.9 Å². The number of benzene rings is 3. The van der Waals surface area contributed by atoms with Gasteiger partial charge in [0.1, 0.15) is 24.6 Å². The van der Waals surface area contributed by atoms with Gasteiger partial charge in [0.05, 0.1) is 36.8 Å². The van der Waals surface area contributed by atoms with Crippen molar-refractivity contribution in [1.82, 2.24) is 19.8 Å². The molecule has 0 bridgehead atoms. The Bertz CT molecular complexity index is 2020. The number of aromatic nitrogens is 2. The van der Waals surface area contributed by atoms with Gasteiger partial charge in [-0.05, 0) is 69.5 Å². The minimum absolute atomic E-state index is 0.157. The topological polar surface area (TPSA) is 124 Å². The van der Waals surface area contributed by atoms with Gasteiger partial charge in [-0.2, -0.15) is 15.2 Å². The SMILES string of the molecule is Cc1cccc2cccc(N3CCc4c(nc(OCC5CCCN5C(=O)OC(C)(C)C)nc4N4CCN(C(=O)OCc5ccccc5)C(CC#N)C4)C3)c12. The van der Waals surface area contributed by atoms with Gasteiger partial charge in [-0.25, -0.2) is 9.59 Å². The molecule has 12 nitrogen and oxygen atoms in total. The molecule has 2 saturated heterocycles. The monoisotopic (exact) mass is 731 g/mol. The van der Waals surface area contributed by atoms with E-state index in [-0.39, 0.29) is 43.8 Å². The van der Waals surface area contributed by atoms with Gasteiger partial charge in [-0.15, -0.1) is 0 Å². The van der Waals surface area contributed by atoms with Crippen LogP contribution >= 0.6 is 0 Å². The zero-order valence-corrected chi connectivity index (χ0v) is 31.7. The first-order valence-electron chi connectivity index (χ1n) is 18.9. The number of likely N-dealkylation sites (tertiary alicyclic amines) is 1. The molecule has 2 unspecified atom stereocenters. The molecule has 3 aromatic carbocycles. The van der Waals surface area contributed by atoms with Crippen LogP contribution in [0.1, 0.15) is 62.4 Å². The Morgan fingerprint density at radius 3 is 2.44 bits per heavy atom. The molecular formula is C42H49N7O5. The van der Waals surface area contributed by atoms with Crippen LogP contribution in [0.2, 0.25) is 0 Å². The van der Waals surface area contributed by atoms with E-state index in [1.54, 1.807) is 9.80 Å². The molecule has 0 spiro atoms. The Morgan fingerprint density at radius 1 is 0.889 bits per heavy atom. The lowest BCUT2D eigenvalue weighted by molar-refractivity contribution is 0.0183. The van der Waals surface area contributed by atoms with E-state index < -0.39 is 11.7 Å². The zero-order valence-electron chi connectivity index (χ0n) is 31.7. The second-order valence-electron chi connectivity index (χ2n) is 15.4. The molecular weight excluding hydrogens is 683 g/mol. The van der Waals surface area contributed by atoms with E-state index in [1.165, 1.54) is 16.3 Å². The van der Waals surface area contributed by atoms with E-state index in [4.69, 9.17) is 24.2 Å². The fourth-order valence-corrected chi connectivity index (χ4v) is 7.80. The molecule has 2 atom stereocenters. The van der Waals surface area contributed by atoms with E-state index in [1.807, 2.05) is 51.1 Å². The number of rotatable bonds is 8. The van der Waals surface area contributed by atoms with Crippen LogP contribution in [0.5, 0.6) is 6.01 Å². The molecule has 2 amide bonds. The minimum Gasteiger partial charge on any atom is -0.461 e. The first-order chi connectivity index (χ1) is 26.1. The maximum atomic E-state index is 13.3. The molecule has 0 radical (unpaired) electrons. The molecule has 4 aromatic rings. The van der Waals surface area contributed by atoms with Crippen LogP contribution in [-0.2, 0) is 29.0 Å². The average molecular weight is 732 g/mol. The van der Waals surface area contributed by atoms with Crippen LogP contribution in [0.3, 0.4) is 0 Å². The number of carbonyl (C=O) groups excluding carboxylic acids is 2. The summed E-state index contributed by atoms with van der Waals surface area (Å²) in [5.41, 5.74) is 4.61. The van der Waals surface area contributed by atoms with Crippen molar-refractivity contribution in [3.05, 3.63) is 89.1 Å². The van der Waals surface area contributed by atoms with Crippen molar-refractivity contribution in [3.8, 4) is 12.1 Å². The molecule has 54 heavy (non-hydrogen) atoms. The standard InChI is InChI=1S/C42H49N7O5/c1-29-11-8-14-31-15-9-17-36(37(29)31)46-22-19-34-35(26-46)44-39(52-28-33-16-10-21-48(33)41(51)54-42(2,3)4)45-38(34)47-23-24-49(32(25-47)18-20-43)40(50)53-27-30-12-6-5-7-13-30/h5-9,11-15,17,32-33H,10,16,18-19,21-28H2,1-4H3. The van der Waals surface area contributed by atoms with Gasteiger partial charge in [0, 0.05) is 49.4 Å². The molecule has 3 aliphatic heterocycles. The van der Waals surface area contributed by atoms with Crippen LogP contribution in [0.4, 0.5) is 21.1 Å². The van der Waals surface area contributed by atoms with Crippen LogP contribution in [0, 0.1) is 18.3 Å². The van der Waals surface area contributed by atoms with Gasteiger partial charge in [0.2, 0.25) is 0 Å². The molecule has 0 saturated carbocycles. The number of hydrogen-bond donors (Lipinski definition) is 0. The number of piperazine rings is 1. The number of anilines is 2. The van der Waals surface area contributed by atoms with Crippen molar-refractivity contribution >= 4 is 34.5 Å². The second-order valence-corrected chi connectivity index (χ2v) is 15.4. The van der Waals surface area contributed by atoms with E-state index in [0.29, 0.717) is 39.1 Å². The molecule has 12 heteroatoms. The third kappa shape index (κ3) is 8.15. The number of nitrogens with zero attached hydrogens (tertiary/aromatic N) is 7. The van der Waals surface area contributed by atoms with Crippen molar-refractivity contribution in [2.45, 2.75) is 84.2 Å². The summed E-state index contributed by atoms with van der Waals surface area (Å²) in [6.07, 6.45) is 1.75. The fourth-order valence-electron chi connectivity index (χ4n) is 7.80. The third-order valence-electron chi connectivity index (χ3n) is 10.4. The number of hydrogen-bond acceptors (Lipinski definition) is 10. The van der Waals surface area contributed by atoms with Crippen LogP contribution in [0.15, 0.2) is 66.7 Å². The summed E-state index contributed by atoms with van der Waals surface area (Å²) in [6, 6.07) is 24.4. The van der Waals surface area contributed by atoms with Crippen molar-refractivity contribution in [2.75, 3.05) is 49.1 Å². The summed E-state index contributed by atoms with van der Waals surface area (Å²) in [5.74, 6) is 0.763. The maximum absolute atomic E-state index is 13.3. The highest BCUT2D eigenvalue weighted by Crippen LogP contribution is 2.36. The van der Waals surface area contributed by atoms with Crippen LogP contribution < -0.4 is 14.5 Å². The van der Waals surface area contributed by atoms with Crippen molar-refractivity contribution < 1.29 is 23.8 Å². The molecule has 1 aromatic heterocycles. The van der Waals surface area contributed by atoms with Crippen molar-refractivity contribution in [2.24, 2.45) is 0 Å². The Morgan fingerprint density at radius 2 is 1.67 bits per heavy atom. The summed E-state index contributed by atoms with van der Waals surface area (Å²) < 4.78 is 17.8. The van der Waals surface area contributed by atoms with Gasteiger partial charge in [0.15, 0.2) is 0 Å². The van der Waals surface area contributed by atoms with Gasteiger partial charge in [-0.3, -0.25) is 0 Å². The number of carbonyl (C=O) groups is 2. The highest BCUT2D eigenvalue weighted by Gasteiger charge is 2.36. The Hall–Kier alpha value is -5.57. The number of ether oxygens (including phenoxy) is 3. The summed E-state index contributed by atoms with van der Waals surface area (Å²) >= 11 is 0. The molecule has 7 rings (SSSR count). The van der Waals surface area contributed by atoms with Crippen LogP contribution in [-0.4, -0.2) is 89.0 Å². The predicted octanol–water partition coefficient (Wildman–Crippen LogP) is 7.02. The predicted molar refractivity (Wildman–Crippen MR) is 206 cm³/mol. The largest absolute Gasteiger partial charge is 0.461 e. The van der Waals surface area contributed by atoms with Gasteiger partial charge in [0.25, 0.3) is 0 Å². The number of nitriles is 1. The molecule has 0 N–H and O–H groups in total. The quantitative estimate of drug-likeness (QED) is 0.187. The minimum atomic E-state index is -0.595. The van der Waals surface area contributed by atoms with Gasteiger partial charge in [-0.1, -0.05) is 60.7 Å². The molecule has 0 aliphatic carbocycles. The highest BCUT2D eigenvalue weighted by molar-refractivity contribution is 5.97. The number of amides is 2. The van der Waals surface area contributed by atoms with E-state index >= 15 is 0 Å². The maximum Gasteiger partial charge on any atom is 0.410 e. The molecule has 2 fully saturated rings. The molecule has 3 aliphatic rings. The van der Waals surface area contributed by atoms with Crippen molar-refractivity contribution in [1.29, 1.82) is 5.26 Å². The lowest BCUT2D eigenvalue weighted by atomic mass is 9.99. The number of aryl methyl sites for hydroxylation is 1. The summed E-state index contributed by atoms with van der Waals surface area (Å²) in [7, 11) is 0. The van der Waals surface area contributed by atoms with E-state index in [0.717, 1.165) is 47.7 Å². The Balaban J connectivity index is 1.16. The number of fused-ring (bicyclic) bond motifs is 2. The summed E-state index contributed by atoms with van der Waals surface area (Å²) in [4.78, 5) is 44.4. The smallest absolute Gasteiger partial charge is 0.410 e. The summed E-state index contributed by atoms with van der Waals surface area (Å²) in [6.45, 7) is 11.4. The second kappa shape index (κ2) is 15.8. The zero-order chi connectivity index (χ0) is 37.8. The first kappa shape index (κ1) is 36.8. The van der Waals surface area contributed by atoms with Crippen LogP contribution in [0.25, 0.3) is 10.8 Å². The third-order valence-corrected chi connectivity index (χ3v) is 10.4. The lowest BCUT2D eigenvalue weighted by Gasteiger charge is -2.42. The molecule has 4 heterocycles. The molecule has 282 valence electrons. The summed E-state index contributed by atoms with van der Waals surface area (Å²) in [5, 5.41) is 12.2. The highest BCUT2D eigenvalue weighted by atomic mass is 16.6. The van der Waals surface area contributed by atoms with E-state index in [2.05, 4.69) is 59.2 Å². The Labute approximate surface area is 317 Å². The normalized spacial score (nSPS) is 18.6. The van der Waals surface area contributed by atoms with Crippen molar-refractivity contribution in [3.63, 3.8) is 0 Å². The average Bonchev–Trinajstić information content (AvgIpc) is 3.64. The first-order valence-corrected chi connectivity index (χ1v) is 18.9. The van der Waals surface area contributed by atoms with Gasteiger partial charge < -0.3 is 33.8 Å².